The lowest BCUT2D eigenvalue weighted by Gasteiger charge is -2.26. The first-order valence-corrected chi connectivity index (χ1v) is 11.9. The standard InChI is InChI=1S/C28H32N4O3/c1-32-25(17-30-31-29)27(34-19-23-13-7-3-8-14-23)28(35-20-24-15-9-4-10-16-24)26(32)21-33-18-22-11-5-2-6-12-22/h2-16,25-28H,17-21H2,1H3/t25-,26+,27+,28+/m0/s1. The summed E-state index contributed by atoms with van der Waals surface area (Å²) in [6.45, 7) is 2.21. The predicted octanol–water partition coefficient (Wildman–Crippen LogP) is 5.37. The zero-order valence-electron chi connectivity index (χ0n) is 20.0. The van der Waals surface area contributed by atoms with E-state index in [1.54, 1.807) is 0 Å². The molecular formula is C28H32N4O3. The summed E-state index contributed by atoms with van der Waals surface area (Å²) < 4.78 is 19.1. The molecule has 1 heterocycles. The van der Waals surface area contributed by atoms with Gasteiger partial charge in [0, 0.05) is 17.5 Å². The molecular weight excluding hydrogens is 440 g/mol. The number of azide groups is 1. The fraction of sp³-hybridized carbons (Fsp3) is 0.357. The third kappa shape index (κ3) is 6.92. The maximum Gasteiger partial charge on any atom is 0.103 e. The highest BCUT2D eigenvalue weighted by atomic mass is 16.5. The van der Waals surface area contributed by atoms with Gasteiger partial charge in [0.25, 0.3) is 0 Å². The van der Waals surface area contributed by atoms with Crippen molar-refractivity contribution in [2.24, 2.45) is 5.11 Å². The highest BCUT2D eigenvalue weighted by Crippen LogP contribution is 2.31. The number of ether oxygens (including phenoxy) is 3. The fourth-order valence-corrected chi connectivity index (χ4v) is 4.53. The molecule has 0 N–H and O–H groups in total. The molecule has 182 valence electrons. The number of hydrogen-bond acceptors (Lipinski definition) is 5. The Labute approximate surface area is 206 Å². The van der Waals surface area contributed by atoms with E-state index in [0.717, 1.165) is 16.7 Å². The van der Waals surface area contributed by atoms with Gasteiger partial charge in [0.15, 0.2) is 0 Å². The summed E-state index contributed by atoms with van der Waals surface area (Å²) in [6, 6.07) is 30.1. The minimum atomic E-state index is -0.278. The van der Waals surface area contributed by atoms with Crippen molar-refractivity contribution in [1.82, 2.24) is 4.90 Å². The van der Waals surface area contributed by atoms with E-state index in [9.17, 15) is 0 Å². The number of nitrogens with zero attached hydrogens (tertiary/aromatic N) is 4. The van der Waals surface area contributed by atoms with Crippen molar-refractivity contribution < 1.29 is 14.2 Å². The van der Waals surface area contributed by atoms with Crippen molar-refractivity contribution in [3.05, 3.63) is 118 Å². The van der Waals surface area contributed by atoms with Crippen LogP contribution in [0.2, 0.25) is 0 Å². The van der Waals surface area contributed by atoms with E-state index in [1.807, 2.05) is 73.8 Å². The van der Waals surface area contributed by atoms with E-state index < -0.39 is 0 Å². The van der Waals surface area contributed by atoms with Gasteiger partial charge in [0.05, 0.1) is 32.5 Å². The molecule has 4 rings (SSSR count). The summed E-state index contributed by atoms with van der Waals surface area (Å²) in [7, 11) is 2.03. The first-order valence-electron chi connectivity index (χ1n) is 11.9. The Hall–Kier alpha value is -3.19. The third-order valence-electron chi connectivity index (χ3n) is 6.43. The number of rotatable bonds is 12. The molecule has 0 amide bonds. The average Bonchev–Trinajstić information content (AvgIpc) is 3.16. The molecule has 0 unspecified atom stereocenters. The topological polar surface area (TPSA) is 79.7 Å². The van der Waals surface area contributed by atoms with Crippen LogP contribution in [0.15, 0.2) is 96.1 Å². The number of hydrogen-bond donors (Lipinski definition) is 0. The molecule has 3 aromatic carbocycles. The van der Waals surface area contributed by atoms with Crippen LogP contribution in [0.1, 0.15) is 16.7 Å². The van der Waals surface area contributed by atoms with E-state index >= 15 is 0 Å². The van der Waals surface area contributed by atoms with Crippen LogP contribution in [-0.4, -0.2) is 49.4 Å². The predicted molar refractivity (Wildman–Crippen MR) is 135 cm³/mol. The van der Waals surface area contributed by atoms with Gasteiger partial charge in [-0.25, -0.2) is 0 Å². The van der Waals surface area contributed by atoms with Crippen molar-refractivity contribution in [3.8, 4) is 0 Å². The van der Waals surface area contributed by atoms with Crippen LogP contribution in [0.5, 0.6) is 0 Å². The van der Waals surface area contributed by atoms with Crippen LogP contribution in [0.4, 0.5) is 0 Å². The first-order chi connectivity index (χ1) is 17.3. The molecule has 3 aromatic rings. The molecule has 0 aromatic heterocycles. The van der Waals surface area contributed by atoms with Gasteiger partial charge in [-0.1, -0.05) is 96.1 Å². The molecule has 7 nitrogen and oxygen atoms in total. The molecule has 1 aliphatic rings. The molecule has 35 heavy (non-hydrogen) atoms. The Morgan fingerprint density at radius 1 is 0.714 bits per heavy atom. The normalized spacial score (nSPS) is 22.1. The van der Waals surface area contributed by atoms with Gasteiger partial charge < -0.3 is 14.2 Å². The van der Waals surface area contributed by atoms with E-state index in [1.165, 1.54) is 0 Å². The zero-order chi connectivity index (χ0) is 24.3. The second kappa shape index (κ2) is 13.0. The van der Waals surface area contributed by atoms with Crippen LogP contribution < -0.4 is 0 Å². The highest BCUT2D eigenvalue weighted by molar-refractivity contribution is 5.16. The van der Waals surface area contributed by atoms with Crippen molar-refractivity contribution in [3.63, 3.8) is 0 Å². The molecule has 1 aliphatic heterocycles. The first kappa shape index (κ1) is 24.9. The Morgan fingerprint density at radius 3 is 1.66 bits per heavy atom. The average molecular weight is 473 g/mol. The van der Waals surface area contributed by atoms with E-state index in [-0.39, 0.29) is 24.3 Å². The third-order valence-corrected chi connectivity index (χ3v) is 6.43. The summed E-state index contributed by atoms with van der Waals surface area (Å²) in [5, 5.41) is 3.89. The van der Waals surface area contributed by atoms with Crippen LogP contribution in [0.25, 0.3) is 10.4 Å². The SMILES string of the molecule is CN1[C@H](COCc2ccccc2)[C@@H](OCc2ccccc2)[C@H](OCc2ccccc2)[C@@H]1CN=[N+]=[N-]. The molecule has 7 heteroatoms. The van der Waals surface area contributed by atoms with E-state index in [4.69, 9.17) is 19.7 Å². The van der Waals surface area contributed by atoms with Crippen LogP contribution in [0, 0.1) is 0 Å². The van der Waals surface area contributed by atoms with Crippen molar-refractivity contribution in [2.45, 2.75) is 44.1 Å². The lowest BCUT2D eigenvalue weighted by molar-refractivity contribution is -0.0858. The minimum absolute atomic E-state index is 0.0536. The monoisotopic (exact) mass is 472 g/mol. The van der Waals surface area contributed by atoms with Crippen molar-refractivity contribution in [2.75, 3.05) is 20.2 Å². The minimum Gasteiger partial charge on any atom is -0.375 e. The molecule has 0 bridgehead atoms. The summed E-state index contributed by atoms with van der Waals surface area (Å²) in [4.78, 5) is 5.19. The number of likely N-dealkylation sites (N-methyl/N-ethyl adjacent to an activating group) is 1. The quantitative estimate of drug-likeness (QED) is 0.202. The summed E-state index contributed by atoms with van der Waals surface area (Å²) in [5.74, 6) is 0. The lowest BCUT2D eigenvalue weighted by Crippen LogP contribution is -2.40. The molecule has 0 spiro atoms. The number of benzene rings is 3. The molecule has 0 saturated carbocycles. The smallest absolute Gasteiger partial charge is 0.103 e. The van der Waals surface area contributed by atoms with Gasteiger partial charge >= 0.3 is 0 Å². The Morgan fingerprint density at radius 2 is 1.17 bits per heavy atom. The van der Waals surface area contributed by atoms with Gasteiger partial charge in [-0.3, -0.25) is 4.90 Å². The van der Waals surface area contributed by atoms with Gasteiger partial charge in [-0.15, -0.1) is 0 Å². The second-order valence-electron chi connectivity index (χ2n) is 8.74. The molecule has 4 atom stereocenters. The zero-order valence-corrected chi connectivity index (χ0v) is 20.0. The van der Waals surface area contributed by atoms with Gasteiger partial charge in [-0.2, -0.15) is 0 Å². The van der Waals surface area contributed by atoms with Crippen LogP contribution >= 0.6 is 0 Å². The fourth-order valence-electron chi connectivity index (χ4n) is 4.53. The van der Waals surface area contributed by atoms with Crippen molar-refractivity contribution in [1.29, 1.82) is 0 Å². The van der Waals surface area contributed by atoms with Gasteiger partial charge in [0.2, 0.25) is 0 Å². The van der Waals surface area contributed by atoms with Crippen LogP contribution in [-0.2, 0) is 34.0 Å². The highest BCUT2D eigenvalue weighted by Gasteiger charge is 2.48. The summed E-state index contributed by atoms with van der Waals surface area (Å²) in [6.07, 6.45) is -0.529. The Kier molecular flexibility index (Phi) is 9.29. The Bertz CT molecular complexity index is 1060. The molecule has 1 saturated heterocycles. The maximum absolute atomic E-state index is 9.00. The second-order valence-corrected chi connectivity index (χ2v) is 8.74. The van der Waals surface area contributed by atoms with E-state index in [0.29, 0.717) is 33.0 Å². The Balaban J connectivity index is 1.52. The molecule has 0 aliphatic carbocycles. The van der Waals surface area contributed by atoms with Gasteiger partial charge in [-0.05, 0) is 29.3 Å². The number of likely N-dealkylation sites (tertiary alicyclic amines) is 1. The molecule has 0 radical (unpaired) electrons. The van der Waals surface area contributed by atoms with Gasteiger partial charge in [0.1, 0.15) is 12.2 Å². The maximum atomic E-state index is 9.00. The summed E-state index contributed by atoms with van der Waals surface area (Å²) >= 11 is 0. The molecule has 1 fully saturated rings. The lowest BCUT2D eigenvalue weighted by atomic mass is 10.1. The van der Waals surface area contributed by atoms with E-state index in [2.05, 4.69) is 39.2 Å². The summed E-state index contributed by atoms with van der Waals surface area (Å²) in [5.41, 5.74) is 12.3. The largest absolute Gasteiger partial charge is 0.375 e. The van der Waals surface area contributed by atoms with Crippen molar-refractivity contribution >= 4 is 0 Å². The van der Waals surface area contributed by atoms with Crippen LogP contribution in [0.3, 0.4) is 0 Å².